The molecule has 0 fully saturated rings. The Morgan fingerprint density at radius 1 is 1.07 bits per heavy atom. The first-order chi connectivity index (χ1) is 12.8. The zero-order chi connectivity index (χ0) is 19.6. The molecule has 3 rings (SSSR count). The molecule has 1 heterocycles. The molecule has 0 radical (unpaired) electrons. The molecule has 2 aromatic rings. The Morgan fingerprint density at radius 3 is 2.37 bits per heavy atom. The molecule has 0 saturated carbocycles. The molecule has 0 spiro atoms. The number of carbonyl (C=O) groups is 2. The summed E-state index contributed by atoms with van der Waals surface area (Å²) in [6, 6.07) is 17.8. The highest BCUT2D eigenvalue weighted by Crippen LogP contribution is 2.45. The predicted octanol–water partition coefficient (Wildman–Crippen LogP) is 3.65. The molecule has 0 bridgehead atoms. The van der Waals surface area contributed by atoms with E-state index in [0.717, 1.165) is 16.8 Å². The molecule has 1 aliphatic heterocycles. The molecule has 142 valence electrons. The van der Waals surface area contributed by atoms with Crippen LogP contribution in [0.4, 0.5) is 5.69 Å². The van der Waals surface area contributed by atoms with E-state index in [2.05, 4.69) is 13.8 Å². The Labute approximate surface area is 161 Å². The first-order valence-electron chi connectivity index (χ1n) is 9.50. The number of nitrogens with zero attached hydrogens (tertiary/aromatic N) is 2. The summed E-state index contributed by atoms with van der Waals surface area (Å²) < 4.78 is 0. The maximum absolute atomic E-state index is 13.4. The molecule has 1 atom stereocenters. The Bertz CT molecular complexity index is 831. The molecule has 2 amide bonds. The minimum Gasteiger partial charge on any atom is -0.345 e. The molecule has 27 heavy (non-hydrogen) atoms. The van der Waals surface area contributed by atoms with E-state index in [1.807, 2.05) is 61.6 Å². The fourth-order valence-corrected chi connectivity index (χ4v) is 4.11. The van der Waals surface area contributed by atoms with Crippen molar-refractivity contribution in [2.45, 2.75) is 32.1 Å². The number of para-hydroxylation sites is 1. The van der Waals surface area contributed by atoms with Gasteiger partial charge in [-0.1, -0.05) is 62.4 Å². The van der Waals surface area contributed by atoms with Gasteiger partial charge in [0.05, 0.1) is 5.41 Å². The summed E-state index contributed by atoms with van der Waals surface area (Å²) >= 11 is 0. The van der Waals surface area contributed by atoms with Crippen molar-refractivity contribution in [2.75, 3.05) is 25.5 Å². The molecule has 1 unspecified atom stereocenters. The Hall–Kier alpha value is -2.62. The summed E-state index contributed by atoms with van der Waals surface area (Å²) in [4.78, 5) is 29.9. The molecule has 0 saturated heterocycles. The van der Waals surface area contributed by atoms with Gasteiger partial charge in [-0.3, -0.25) is 9.59 Å². The van der Waals surface area contributed by atoms with Crippen molar-refractivity contribution in [1.29, 1.82) is 0 Å². The Kier molecular flexibility index (Phi) is 5.36. The van der Waals surface area contributed by atoms with Crippen LogP contribution in [0.3, 0.4) is 0 Å². The van der Waals surface area contributed by atoms with Gasteiger partial charge in [-0.2, -0.15) is 0 Å². The average Bonchev–Trinajstić information content (AvgIpc) is 2.85. The molecule has 0 aromatic heterocycles. The van der Waals surface area contributed by atoms with Crippen LogP contribution in [0, 0.1) is 5.92 Å². The molecule has 4 nitrogen and oxygen atoms in total. The van der Waals surface area contributed by atoms with Crippen molar-refractivity contribution in [3.8, 4) is 0 Å². The fraction of sp³-hybridized carbons (Fsp3) is 0.391. The van der Waals surface area contributed by atoms with Crippen LogP contribution in [-0.2, 0) is 21.4 Å². The second-order valence-electron chi connectivity index (χ2n) is 7.97. The van der Waals surface area contributed by atoms with Crippen LogP contribution in [0.2, 0.25) is 0 Å². The van der Waals surface area contributed by atoms with Crippen LogP contribution in [0.25, 0.3) is 0 Å². The van der Waals surface area contributed by atoms with Gasteiger partial charge in [-0.15, -0.1) is 0 Å². The lowest BCUT2D eigenvalue weighted by atomic mass is 9.73. The minimum atomic E-state index is -0.852. The number of anilines is 1. The lowest BCUT2D eigenvalue weighted by Crippen LogP contribution is -2.45. The smallest absolute Gasteiger partial charge is 0.238 e. The molecular formula is C23H28N2O2. The summed E-state index contributed by atoms with van der Waals surface area (Å²) in [5, 5.41) is 0. The van der Waals surface area contributed by atoms with Crippen molar-refractivity contribution in [2.24, 2.45) is 5.92 Å². The maximum Gasteiger partial charge on any atom is 0.238 e. The quantitative estimate of drug-likeness (QED) is 0.785. The summed E-state index contributed by atoms with van der Waals surface area (Å²) in [5.41, 5.74) is 2.07. The van der Waals surface area contributed by atoms with E-state index < -0.39 is 5.41 Å². The highest BCUT2D eigenvalue weighted by atomic mass is 16.2. The number of likely N-dealkylation sites (N-methyl/N-ethyl adjacent to an activating group) is 1. The summed E-state index contributed by atoms with van der Waals surface area (Å²) in [5.74, 6) is 0.398. The molecule has 2 aromatic carbocycles. The normalized spacial score (nSPS) is 18.7. The largest absolute Gasteiger partial charge is 0.345 e. The SMILES string of the molecule is CC(C)CN(C)C(=O)CC1(Cc2ccccc2)C(=O)N(C)c2ccccc21. The molecule has 4 heteroatoms. The van der Waals surface area contributed by atoms with E-state index >= 15 is 0 Å². The van der Waals surface area contributed by atoms with Gasteiger partial charge in [0.1, 0.15) is 0 Å². The third kappa shape index (κ3) is 3.61. The number of amides is 2. The van der Waals surface area contributed by atoms with E-state index in [0.29, 0.717) is 18.9 Å². The first-order valence-corrected chi connectivity index (χ1v) is 9.50. The number of benzene rings is 2. The van der Waals surface area contributed by atoms with E-state index in [1.54, 1.807) is 16.8 Å². The van der Waals surface area contributed by atoms with Crippen LogP contribution in [0.15, 0.2) is 54.6 Å². The number of hydrogen-bond acceptors (Lipinski definition) is 2. The first kappa shape index (κ1) is 19.2. The second-order valence-corrected chi connectivity index (χ2v) is 7.97. The van der Waals surface area contributed by atoms with Gasteiger partial charge in [0.25, 0.3) is 0 Å². The fourth-order valence-electron chi connectivity index (χ4n) is 4.11. The van der Waals surface area contributed by atoms with E-state index in [-0.39, 0.29) is 18.2 Å². The minimum absolute atomic E-state index is 0.00106. The van der Waals surface area contributed by atoms with Gasteiger partial charge in [-0.05, 0) is 29.5 Å². The van der Waals surface area contributed by atoms with Crippen molar-refractivity contribution in [3.05, 3.63) is 65.7 Å². The molecule has 0 aliphatic carbocycles. The van der Waals surface area contributed by atoms with Gasteiger partial charge in [0.15, 0.2) is 0 Å². The number of hydrogen-bond donors (Lipinski definition) is 0. The predicted molar refractivity (Wildman–Crippen MR) is 109 cm³/mol. The van der Waals surface area contributed by atoms with Gasteiger partial charge < -0.3 is 9.80 Å². The van der Waals surface area contributed by atoms with Gasteiger partial charge in [-0.25, -0.2) is 0 Å². The average molecular weight is 364 g/mol. The Morgan fingerprint density at radius 2 is 1.70 bits per heavy atom. The van der Waals surface area contributed by atoms with E-state index in [1.165, 1.54) is 0 Å². The third-order valence-corrected chi connectivity index (χ3v) is 5.36. The zero-order valence-electron chi connectivity index (χ0n) is 16.6. The van der Waals surface area contributed by atoms with E-state index in [4.69, 9.17) is 0 Å². The Balaban J connectivity index is 2.03. The summed E-state index contributed by atoms with van der Waals surface area (Å²) in [6.07, 6.45) is 0.709. The number of fused-ring (bicyclic) bond motifs is 1. The van der Waals surface area contributed by atoms with Crippen LogP contribution in [0.1, 0.15) is 31.4 Å². The van der Waals surface area contributed by atoms with Crippen molar-refractivity contribution in [1.82, 2.24) is 4.90 Å². The monoisotopic (exact) mass is 364 g/mol. The van der Waals surface area contributed by atoms with Gasteiger partial charge >= 0.3 is 0 Å². The third-order valence-electron chi connectivity index (χ3n) is 5.36. The van der Waals surface area contributed by atoms with Crippen LogP contribution >= 0.6 is 0 Å². The molecular weight excluding hydrogens is 336 g/mol. The summed E-state index contributed by atoms with van der Waals surface area (Å²) in [6.45, 7) is 4.87. The standard InChI is InChI=1S/C23H28N2O2/c1-17(2)16-24(3)21(26)15-23(14-18-10-6-5-7-11-18)19-12-8-9-13-20(19)25(4)22(23)27/h5-13,17H,14-16H2,1-4H3. The van der Waals surface area contributed by atoms with E-state index in [9.17, 15) is 9.59 Å². The molecule has 1 aliphatic rings. The topological polar surface area (TPSA) is 40.6 Å². The van der Waals surface area contributed by atoms with Crippen LogP contribution < -0.4 is 4.90 Å². The van der Waals surface area contributed by atoms with Gasteiger partial charge in [0.2, 0.25) is 11.8 Å². The second kappa shape index (κ2) is 7.55. The van der Waals surface area contributed by atoms with Crippen molar-refractivity contribution in [3.63, 3.8) is 0 Å². The van der Waals surface area contributed by atoms with Crippen LogP contribution in [0.5, 0.6) is 0 Å². The lowest BCUT2D eigenvalue weighted by Gasteiger charge is -2.30. The highest BCUT2D eigenvalue weighted by Gasteiger charge is 2.51. The zero-order valence-corrected chi connectivity index (χ0v) is 16.6. The number of carbonyl (C=O) groups excluding carboxylic acids is 2. The van der Waals surface area contributed by atoms with Gasteiger partial charge in [0, 0.05) is 32.7 Å². The van der Waals surface area contributed by atoms with Crippen LogP contribution in [-0.4, -0.2) is 37.4 Å². The maximum atomic E-state index is 13.4. The lowest BCUT2D eigenvalue weighted by molar-refractivity contribution is -0.135. The molecule has 0 N–H and O–H groups in total. The summed E-state index contributed by atoms with van der Waals surface area (Å²) in [7, 11) is 3.63. The van der Waals surface area contributed by atoms with Crippen molar-refractivity contribution < 1.29 is 9.59 Å². The highest BCUT2D eigenvalue weighted by molar-refractivity contribution is 6.09. The number of rotatable bonds is 6. The van der Waals surface area contributed by atoms with Crippen molar-refractivity contribution >= 4 is 17.5 Å².